The van der Waals surface area contributed by atoms with Gasteiger partial charge in [-0.15, -0.1) is 0 Å². The zero-order valence-electron chi connectivity index (χ0n) is 16.7. The number of rotatable bonds is 7. The molecule has 0 bridgehead atoms. The lowest BCUT2D eigenvalue weighted by Gasteiger charge is -2.36. The number of H-pyrrole nitrogens is 1. The number of aryl methyl sites for hydroxylation is 1. The second kappa shape index (κ2) is 8.57. The molecular formula is C23H30N4O. The number of hydrogen-bond donors (Lipinski definition) is 2. The highest BCUT2D eigenvalue weighted by atomic mass is 16.5. The van der Waals surface area contributed by atoms with Gasteiger partial charge in [0.25, 0.3) is 0 Å². The van der Waals surface area contributed by atoms with Crippen molar-refractivity contribution in [2.75, 3.05) is 50.5 Å². The average Bonchev–Trinajstić information content (AvgIpc) is 3.14. The van der Waals surface area contributed by atoms with Gasteiger partial charge >= 0.3 is 0 Å². The fraction of sp³-hybridized carbons (Fsp3) is 0.391. The van der Waals surface area contributed by atoms with Crippen molar-refractivity contribution in [3.05, 3.63) is 54.2 Å². The molecule has 2 aromatic carbocycles. The lowest BCUT2D eigenvalue weighted by atomic mass is 10.1. The van der Waals surface area contributed by atoms with Gasteiger partial charge in [-0.05, 0) is 73.8 Å². The predicted octanol–water partition coefficient (Wildman–Crippen LogP) is 3.90. The van der Waals surface area contributed by atoms with Gasteiger partial charge in [0.15, 0.2) is 0 Å². The summed E-state index contributed by atoms with van der Waals surface area (Å²) < 4.78 is 5.25. The summed E-state index contributed by atoms with van der Waals surface area (Å²) in [6, 6.07) is 14.5. The van der Waals surface area contributed by atoms with E-state index in [-0.39, 0.29) is 0 Å². The smallest absolute Gasteiger partial charge is 0.119 e. The third-order valence-electron chi connectivity index (χ3n) is 5.77. The van der Waals surface area contributed by atoms with Gasteiger partial charge in [-0.3, -0.25) is 4.90 Å². The Morgan fingerprint density at radius 1 is 1.00 bits per heavy atom. The lowest BCUT2D eigenvalue weighted by Crippen LogP contribution is -2.46. The summed E-state index contributed by atoms with van der Waals surface area (Å²) in [6.45, 7) is 5.63. The van der Waals surface area contributed by atoms with Crippen molar-refractivity contribution in [3.63, 3.8) is 0 Å². The second-order valence-corrected chi connectivity index (χ2v) is 7.60. The van der Waals surface area contributed by atoms with Gasteiger partial charge in [0.2, 0.25) is 0 Å². The van der Waals surface area contributed by atoms with Crippen LogP contribution in [0.2, 0.25) is 0 Å². The van der Waals surface area contributed by atoms with Crippen molar-refractivity contribution in [1.29, 1.82) is 0 Å². The van der Waals surface area contributed by atoms with Gasteiger partial charge in [0.05, 0.1) is 7.11 Å². The summed E-state index contributed by atoms with van der Waals surface area (Å²) in [7, 11) is 1.71. The molecule has 0 radical (unpaired) electrons. The van der Waals surface area contributed by atoms with E-state index in [4.69, 9.17) is 10.5 Å². The number of nitrogen functional groups attached to an aromatic ring is 1. The number of aromatic nitrogens is 1. The van der Waals surface area contributed by atoms with Gasteiger partial charge in [0, 0.05) is 54.7 Å². The molecule has 148 valence electrons. The molecule has 5 nitrogen and oxygen atoms in total. The number of nitrogens with one attached hydrogen (secondary N) is 1. The molecule has 1 saturated heterocycles. The van der Waals surface area contributed by atoms with Crippen LogP contribution in [0.1, 0.15) is 18.4 Å². The third kappa shape index (κ3) is 4.25. The summed E-state index contributed by atoms with van der Waals surface area (Å²) in [5, 5.41) is 1.27. The first-order chi connectivity index (χ1) is 13.7. The maximum absolute atomic E-state index is 5.94. The van der Waals surface area contributed by atoms with Gasteiger partial charge < -0.3 is 20.4 Å². The van der Waals surface area contributed by atoms with Gasteiger partial charge in [-0.2, -0.15) is 0 Å². The number of piperazine rings is 1. The molecule has 1 aliphatic rings. The van der Waals surface area contributed by atoms with Gasteiger partial charge in [0.1, 0.15) is 5.75 Å². The van der Waals surface area contributed by atoms with Crippen molar-refractivity contribution in [2.24, 2.45) is 0 Å². The molecule has 1 aromatic heterocycles. The van der Waals surface area contributed by atoms with E-state index < -0.39 is 0 Å². The Labute approximate surface area is 167 Å². The molecule has 1 aliphatic heterocycles. The minimum absolute atomic E-state index is 0.836. The molecule has 2 heterocycles. The topological polar surface area (TPSA) is 57.5 Å². The molecule has 0 atom stereocenters. The van der Waals surface area contributed by atoms with E-state index in [0.717, 1.165) is 44.0 Å². The number of nitrogens with zero attached hydrogens (tertiary/aromatic N) is 2. The fourth-order valence-corrected chi connectivity index (χ4v) is 4.08. The zero-order chi connectivity index (χ0) is 19.3. The van der Waals surface area contributed by atoms with E-state index in [2.05, 4.69) is 45.2 Å². The zero-order valence-corrected chi connectivity index (χ0v) is 16.7. The van der Waals surface area contributed by atoms with Crippen LogP contribution < -0.4 is 15.4 Å². The summed E-state index contributed by atoms with van der Waals surface area (Å²) in [5.41, 5.74) is 10.6. The number of hydrogen-bond acceptors (Lipinski definition) is 4. The Hall–Kier alpha value is -2.66. The number of anilines is 2. The molecular weight excluding hydrogens is 348 g/mol. The first kappa shape index (κ1) is 18.7. The van der Waals surface area contributed by atoms with Crippen molar-refractivity contribution >= 4 is 22.3 Å². The van der Waals surface area contributed by atoms with Gasteiger partial charge in [-0.1, -0.05) is 0 Å². The maximum atomic E-state index is 5.94. The number of unbranched alkanes of at least 4 members (excludes halogenated alkanes) is 1. The van der Waals surface area contributed by atoms with Crippen LogP contribution in [-0.2, 0) is 6.42 Å². The molecule has 0 unspecified atom stereocenters. The van der Waals surface area contributed by atoms with Crippen LogP contribution >= 0.6 is 0 Å². The molecule has 3 N–H and O–H groups in total. The molecule has 3 aromatic rings. The fourth-order valence-electron chi connectivity index (χ4n) is 4.08. The Morgan fingerprint density at radius 2 is 1.79 bits per heavy atom. The molecule has 0 amide bonds. The normalized spacial score (nSPS) is 15.2. The summed E-state index contributed by atoms with van der Waals surface area (Å²) >= 11 is 0. The highest BCUT2D eigenvalue weighted by Crippen LogP contribution is 2.23. The lowest BCUT2D eigenvalue weighted by molar-refractivity contribution is 0.253. The van der Waals surface area contributed by atoms with Crippen LogP contribution in [0.5, 0.6) is 5.75 Å². The highest BCUT2D eigenvalue weighted by molar-refractivity contribution is 5.86. The number of fused-ring (bicyclic) bond motifs is 1. The SMILES string of the molecule is COc1ccc(N2CCN(CCCCc3c[nH]c4ccc(N)cc34)CC2)cc1. The van der Waals surface area contributed by atoms with Gasteiger partial charge in [-0.25, -0.2) is 0 Å². The minimum Gasteiger partial charge on any atom is -0.497 e. The van der Waals surface area contributed by atoms with E-state index in [0.29, 0.717) is 0 Å². The minimum atomic E-state index is 0.836. The standard InChI is InChI=1S/C23H30N4O/c1-28-21-8-6-20(7-9-21)27-14-12-26(13-15-27)11-3-2-4-18-17-25-23-10-5-19(24)16-22(18)23/h5-10,16-17,25H,2-4,11-15,24H2,1H3. The molecule has 28 heavy (non-hydrogen) atoms. The predicted molar refractivity (Wildman–Crippen MR) is 117 cm³/mol. The van der Waals surface area contributed by atoms with Crippen LogP contribution in [0, 0.1) is 0 Å². The van der Waals surface area contributed by atoms with Crippen LogP contribution in [0.15, 0.2) is 48.7 Å². The number of aromatic amines is 1. The summed E-state index contributed by atoms with van der Waals surface area (Å²) in [6.07, 6.45) is 5.69. The Balaban J connectivity index is 1.20. The summed E-state index contributed by atoms with van der Waals surface area (Å²) in [4.78, 5) is 8.41. The maximum Gasteiger partial charge on any atom is 0.119 e. The highest BCUT2D eigenvalue weighted by Gasteiger charge is 2.16. The molecule has 0 saturated carbocycles. The Bertz CT molecular complexity index is 895. The van der Waals surface area contributed by atoms with Crippen LogP contribution in [0.3, 0.4) is 0 Å². The largest absolute Gasteiger partial charge is 0.497 e. The quantitative estimate of drug-likeness (QED) is 0.484. The molecule has 5 heteroatoms. The second-order valence-electron chi connectivity index (χ2n) is 7.60. The monoisotopic (exact) mass is 378 g/mol. The number of nitrogens with two attached hydrogens (primary N) is 1. The Morgan fingerprint density at radius 3 is 2.54 bits per heavy atom. The van der Waals surface area contributed by atoms with Crippen molar-refractivity contribution in [1.82, 2.24) is 9.88 Å². The van der Waals surface area contributed by atoms with E-state index in [1.54, 1.807) is 7.11 Å². The van der Waals surface area contributed by atoms with Crippen molar-refractivity contribution in [3.8, 4) is 5.75 Å². The van der Waals surface area contributed by atoms with E-state index in [1.807, 2.05) is 18.2 Å². The first-order valence-electron chi connectivity index (χ1n) is 10.2. The van der Waals surface area contributed by atoms with E-state index in [9.17, 15) is 0 Å². The molecule has 1 fully saturated rings. The number of ether oxygens (including phenoxy) is 1. The molecule has 0 aliphatic carbocycles. The van der Waals surface area contributed by atoms with E-state index in [1.165, 1.54) is 41.5 Å². The number of methoxy groups -OCH3 is 1. The molecule has 0 spiro atoms. The summed E-state index contributed by atoms with van der Waals surface area (Å²) in [5.74, 6) is 0.917. The number of benzene rings is 2. The Kier molecular flexibility index (Phi) is 5.72. The average molecular weight is 379 g/mol. The van der Waals surface area contributed by atoms with Crippen LogP contribution in [0.25, 0.3) is 10.9 Å². The van der Waals surface area contributed by atoms with Crippen molar-refractivity contribution < 1.29 is 4.74 Å². The third-order valence-corrected chi connectivity index (χ3v) is 5.77. The van der Waals surface area contributed by atoms with Crippen LogP contribution in [-0.4, -0.2) is 49.7 Å². The first-order valence-corrected chi connectivity index (χ1v) is 10.2. The molecule has 4 rings (SSSR count). The van der Waals surface area contributed by atoms with E-state index >= 15 is 0 Å². The van der Waals surface area contributed by atoms with Crippen LogP contribution in [0.4, 0.5) is 11.4 Å². The van der Waals surface area contributed by atoms with Crippen molar-refractivity contribution in [2.45, 2.75) is 19.3 Å².